The maximum absolute atomic E-state index is 12.2. The number of nitrogens with one attached hydrogen (secondary N) is 2. The number of carbonyl (C=O) groups is 2. The average Bonchev–Trinajstić information content (AvgIpc) is 3.10. The van der Waals surface area contributed by atoms with Gasteiger partial charge < -0.3 is 20.3 Å². The minimum Gasteiger partial charge on any atom is -0.444 e. The predicted molar refractivity (Wildman–Crippen MR) is 123 cm³/mol. The second-order valence-electron chi connectivity index (χ2n) is 8.77. The summed E-state index contributed by atoms with van der Waals surface area (Å²) in [5.74, 6) is 0.667. The van der Waals surface area contributed by atoms with Crippen molar-refractivity contribution in [3.8, 4) is 0 Å². The van der Waals surface area contributed by atoms with Gasteiger partial charge in [-0.05, 0) is 51.8 Å². The summed E-state index contributed by atoms with van der Waals surface area (Å²) in [4.78, 5) is 38.1. The van der Waals surface area contributed by atoms with Crippen LogP contribution in [0.2, 0.25) is 5.02 Å². The zero-order chi connectivity index (χ0) is 22.9. The number of nitrogens with zero attached hydrogens (tertiary/aromatic N) is 4. The van der Waals surface area contributed by atoms with Gasteiger partial charge in [0, 0.05) is 36.6 Å². The van der Waals surface area contributed by atoms with Crippen LogP contribution >= 0.6 is 11.6 Å². The first-order chi connectivity index (χ1) is 15.2. The van der Waals surface area contributed by atoms with Crippen LogP contribution in [0.5, 0.6) is 0 Å². The highest BCUT2D eigenvalue weighted by Crippen LogP contribution is 2.26. The van der Waals surface area contributed by atoms with Crippen LogP contribution in [0.3, 0.4) is 0 Å². The van der Waals surface area contributed by atoms with E-state index < -0.39 is 5.60 Å². The Kier molecular flexibility index (Phi) is 6.01. The van der Waals surface area contributed by atoms with Crippen molar-refractivity contribution >= 4 is 47.3 Å². The fourth-order valence-electron chi connectivity index (χ4n) is 3.52. The number of anilines is 3. The lowest BCUT2D eigenvalue weighted by Crippen LogP contribution is -2.44. The minimum absolute atomic E-state index is 0.121. The molecule has 3 heterocycles. The molecule has 0 spiro atoms. The summed E-state index contributed by atoms with van der Waals surface area (Å²) in [5, 5.41) is 6.91. The molecule has 4 rings (SSSR count). The third kappa shape index (κ3) is 5.16. The van der Waals surface area contributed by atoms with Crippen molar-refractivity contribution in [3.63, 3.8) is 0 Å². The lowest BCUT2D eigenvalue weighted by molar-refractivity contribution is 0.0210. The Balaban J connectivity index is 1.37. The molecule has 1 fully saturated rings. The van der Waals surface area contributed by atoms with Crippen molar-refractivity contribution in [1.82, 2.24) is 14.9 Å². The molecule has 0 bridgehead atoms. The molecule has 1 aromatic carbocycles. The standard InChI is InChI=1S/C22H25ClN6O3/c1-22(2,3)32-21(31)29-8-6-14(7-9-29)26-18-17(23)12-25-20(28-18)27-15-4-5-16-13(10-15)11-24-19(16)30/h4-5,10-12,14H,6-9H2,1-3H3,(H2,25,26,27,28). The van der Waals surface area contributed by atoms with E-state index in [2.05, 4.69) is 25.6 Å². The van der Waals surface area contributed by atoms with Crippen LogP contribution < -0.4 is 10.6 Å². The largest absolute Gasteiger partial charge is 0.444 e. The molecule has 0 aliphatic carbocycles. The number of halogens is 1. The van der Waals surface area contributed by atoms with E-state index in [1.807, 2.05) is 26.8 Å². The Bertz CT molecular complexity index is 1070. The van der Waals surface area contributed by atoms with Gasteiger partial charge in [-0.1, -0.05) is 11.6 Å². The van der Waals surface area contributed by atoms with Crippen LogP contribution in [0.25, 0.3) is 0 Å². The number of rotatable bonds is 4. The third-order valence-corrected chi connectivity index (χ3v) is 5.37. The Labute approximate surface area is 191 Å². The quantitative estimate of drug-likeness (QED) is 0.707. The Hall–Kier alpha value is -3.20. The summed E-state index contributed by atoms with van der Waals surface area (Å²) >= 11 is 6.31. The van der Waals surface area contributed by atoms with Gasteiger partial charge in [0.15, 0.2) is 5.82 Å². The first kappa shape index (κ1) is 22.0. The summed E-state index contributed by atoms with van der Waals surface area (Å²) in [6.07, 6.45) is 4.29. The number of aliphatic imine (C=N–C) groups is 1. The molecule has 0 atom stereocenters. The van der Waals surface area contributed by atoms with Crippen molar-refractivity contribution in [3.05, 3.63) is 40.5 Å². The molecule has 2 aliphatic heterocycles. The van der Waals surface area contributed by atoms with E-state index >= 15 is 0 Å². The molecule has 2 amide bonds. The van der Waals surface area contributed by atoms with Crippen LogP contribution in [0.4, 0.5) is 22.2 Å². The van der Waals surface area contributed by atoms with Gasteiger partial charge in [-0.3, -0.25) is 4.79 Å². The topological polar surface area (TPSA) is 109 Å². The molecule has 1 saturated heterocycles. The number of piperidine rings is 1. The number of hydrogen-bond donors (Lipinski definition) is 2. The molecule has 0 unspecified atom stereocenters. The number of hydrogen-bond acceptors (Lipinski definition) is 7. The van der Waals surface area contributed by atoms with Crippen LogP contribution in [-0.4, -0.2) is 57.8 Å². The molecule has 2 N–H and O–H groups in total. The molecule has 1 aromatic heterocycles. The number of carbonyl (C=O) groups excluding carboxylic acids is 2. The molecule has 2 aromatic rings. The number of aromatic nitrogens is 2. The van der Waals surface area contributed by atoms with Gasteiger partial charge in [0.05, 0.1) is 11.8 Å². The number of likely N-dealkylation sites (tertiary alicyclic amines) is 1. The molecule has 9 nitrogen and oxygen atoms in total. The maximum Gasteiger partial charge on any atom is 0.410 e. The van der Waals surface area contributed by atoms with E-state index in [0.717, 1.165) is 24.1 Å². The summed E-state index contributed by atoms with van der Waals surface area (Å²) in [7, 11) is 0. The van der Waals surface area contributed by atoms with Crippen molar-refractivity contribution in [2.45, 2.75) is 45.3 Å². The number of fused-ring (bicyclic) bond motifs is 1. The summed E-state index contributed by atoms with van der Waals surface area (Å²) in [6.45, 7) is 6.76. The summed E-state index contributed by atoms with van der Waals surface area (Å²) in [6, 6.07) is 5.45. The monoisotopic (exact) mass is 456 g/mol. The van der Waals surface area contributed by atoms with Crippen molar-refractivity contribution in [1.29, 1.82) is 0 Å². The Morgan fingerprint density at radius 2 is 2.00 bits per heavy atom. The molecular formula is C22H25ClN6O3. The fourth-order valence-corrected chi connectivity index (χ4v) is 3.67. The van der Waals surface area contributed by atoms with E-state index in [0.29, 0.717) is 35.4 Å². The fraction of sp³-hybridized carbons (Fsp3) is 0.409. The van der Waals surface area contributed by atoms with Crippen LogP contribution in [0, 0.1) is 0 Å². The van der Waals surface area contributed by atoms with E-state index in [1.54, 1.807) is 23.2 Å². The Morgan fingerprint density at radius 3 is 2.72 bits per heavy atom. The zero-order valence-corrected chi connectivity index (χ0v) is 18.9. The number of benzene rings is 1. The van der Waals surface area contributed by atoms with Gasteiger partial charge in [0.25, 0.3) is 5.91 Å². The van der Waals surface area contributed by atoms with Crippen molar-refractivity contribution in [2.75, 3.05) is 23.7 Å². The normalized spacial score (nSPS) is 16.1. The van der Waals surface area contributed by atoms with E-state index in [9.17, 15) is 9.59 Å². The van der Waals surface area contributed by atoms with Crippen molar-refractivity contribution in [2.24, 2.45) is 4.99 Å². The summed E-state index contributed by atoms with van der Waals surface area (Å²) in [5.41, 5.74) is 1.56. The molecule has 0 radical (unpaired) electrons. The van der Waals surface area contributed by atoms with Gasteiger partial charge in [-0.15, -0.1) is 0 Å². The average molecular weight is 457 g/mol. The van der Waals surface area contributed by atoms with Gasteiger partial charge >= 0.3 is 6.09 Å². The predicted octanol–water partition coefficient (Wildman–Crippen LogP) is 4.26. The van der Waals surface area contributed by atoms with Gasteiger partial charge in [-0.25, -0.2) is 14.8 Å². The molecule has 0 saturated carbocycles. The number of ether oxygens (including phenoxy) is 1. The smallest absolute Gasteiger partial charge is 0.410 e. The highest BCUT2D eigenvalue weighted by molar-refractivity contribution is 6.32. The van der Waals surface area contributed by atoms with Crippen LogP contribution in [0.15, 0.2) is 29.4 Å². The second-order valence-corrected chi connectivity index (χ2v) is 9.17. The van der Waals surface area contributed by atoms with Gasteiger partial charge in [0.1, 0.15) is 10.6 Å². The van der Waals surface area contributed by atoms with E-state index in [-0.39, 0.29) is 18.0 Å². The zero-order valence-electron chi connectivity index (χ0n) is 18.2. The molecule has 168 valence electrons. The third-order valence-electron chi connectivity index (χ3n) is 5.09. The van der Waals surface area contributed by atoms with Gasteiger partial charge in [0.2, 0.25) is 5.95 Å². The molecular weight excluding hydrogens is 432 g/mol. The van der Waals surface area contributed by atoms with Crippen molar-refractivity contribution < 1.29 is 14.3 Å². The van der Waals surface area contributed by atoms with Gasteiger partial charge in [-0.2, -0.15) is 4.98 Å². The lowest BCUT2D eigenvalue weighted by Gasteiger charge is -2.34. The minimum atomic E-state index is -0.509. The highest BCUT2D eigenvalue weighted by Gasteiger charge is 2.27. The second kappa shape index (κ2) is 8.74. The number of amides is 2. The van der Waals surface area contributed by atoms with E-state index in [1.165, 1.54) is 6.20 Å². The molecule has 10 heteroatoms. The van der Waals surface area contributed by atoms with E-state index in [4.69, 9.17) is 16.3 Å². The first-order valence-electron chi connectivity index (χ1n) is 10.4. The van der Waals surface area contributed by atoms with Crippen LogP contribution in [0.1, 0.15) is 49.5 Å². The Morgan fingerprint density at radius 1 is 1.25 bits per heavy atom. The highest BCUT2D eigenvalue weighted by atomic mass is 35.5. The SMILES string of the molecule is CC(C)(C)OC(=O)N1CCC(Nc2nc(Nc3ccc4c(c3)C=NC4=O)ncc2Cl)CC1. The lowest BCUT2D eigenvalue weighted by atomic mass is 10.1. The first-order valence-corrected chi connectivity index (χ1v) is 10.8. The van der Waals surface area contributed by atoms with Crippen LogP contribution in [-0.2, 0) is 4.74 Å². The molecule has 32 heavy (non-hydrogen) atoms. The summed E-state index contributed by atoms with van der Waals surface area (Å²) < 4.78 is 5.45. The molecule has 2 aliphatic rings. The maximum atomic E-state index is 12.2.